The number of anilines is 3. The van der Waals surface area contributed by atoms with E-state index in [1.807, 2.05) is 0 Å². The van der Waals surface area contributed by atoms with Crippen LogP contribution in [0.15, 0.2) is 218 Å². The van der Waals surface area contributed by atoms with E-state index in [9.17, 15) is 0 Å². The maximum atomic E-state index is 2.37. The van der Waals surface area contributed by atoms with E-state index in [0.29, 0.717) is 0 Å². The highest BCUT2D eigenvalue weighted by Crippen LogP contribution is 2.40. The fourth-order valence-electron chi connectivity index (χ4n) is 8.08. The largest absolute Gasteiger partial charge is 0.311 e. The van der Waals surface area contributed by atoms with Crippen molar-refractivity contribution in [2.24, 2.45) is 0 Å². The number of hydrogen-bond acceptors (Lipinski definition) is 1. The van der Waals surface area contributed by atoms with E-state index in [-0.39, 0.29) is 0 Å². The molecule has 0 saturated heterocycles. The van der Waals surface area contributed by atoms with Crippen LogP contribution in [0.25, 0.3) is 71.6 Å². The number of hydrogen-bond donors (Lipinski definition) is 0. The highest BCUT2D eigenvalue weighted by Gasteiger charge is 2.16. The van der Waals surface area contributed by atoms with Gasteiger partial charge in [0.25, 0.3) is 0 Å². The molecule has 1 heterocycles. The third kappa shape index (κ3) is 5.53. The molecule has 9 aromatic carbocycles. The molecular weight excluding hydrogens is 653 g/mol. The smallest absolute Gasteiger partial charge is 0.0541 e. The fraction of sp³-hybridized carbons (Fsp3) is 0. The Balaban J connectivity index is 1.01. The molecule has 2 heteroatoms. The normalized spacial score (nSPS) is 11.3. The quantitative estimate of drug-likeness (QED) is 0.162. The summed E-state index contributed by atoms with van der Waals surface area (Å²) in [6.45, 7) is 0. The maximum Gasteiger partial charge on any atom is 0.0541 e. The molecule has 54 heavy (non-hydrogen) atoms. The lowest BCUT2D eigenvalue weighted by Crippen LogP contribution is -2.10. The van der Waals surface area contributed by atoms with Crippen molar-refractivity contribution in [3.8, 4) is 39.1 Å². The lowest BCUT2D eigenvalue weighted by molar-refractivity contribution is 1.17. The van der Waals surface area contributed by atoms with Gasteiger partial charge in [0, 0.05) is 33.5 Å². The monoisotopic (exact) mass is 688 g/mol. The number of aromatic nitrogens is 1. The van der Waals surface area contributed by atoms with Gasteiger partial charge in [-0.3, -0.25) is 0 Å². The Morgan fingerprint density at radius 2 is 0.796 bits per heavy atom. The number of nitrogens with zero attached hydrogens (tertiary/aromatic N) is 2. The highest BCUT2D eigenvalue weighted by atomic mass is 15.1. The molecule has 0 spiro atoms. The van der Waals surface area contributed by atoms with Crippen LogP contribution in [0.5, 0.6) is 0 Å². The van der Waals surface area contributed by atoms with Crippen molar-refractivity contribution >= 4 is 49.6 Å². The number of benzene rings is 9. The lowest BCUT2D eigenvalue weighted by Gasteiger charge is -2.26. The topological polar surface area (TPSA) is 8.17 Å². The van der Waals surface area contributed by atoms with Crippen LogP contribution in [0.3, 0.4) is 0 Å². The minimum Gasteiger partial charge on any atom is -0.311 e. The molecule has 254 valence electrons. The minimum absolute atomic E-state index is 1.10. The zero-order chi connectivity index (χ0) is 35.8. The Labute approximate surface area is 315 Å². The second-order valence-electron chi connectivity index (χ2n) is 13.8. The van der Waals surface area contributed by atoms with E-state index < -0.39 is 0 Å². The highest BCUT2D eigenvalue weighted by molar-refractivity contribution is 6.09. The molecule has 0 bridgehead atoms. The molecule has 10 rings (SSSR count). The summed E-state index contributed by atoms with van der Waals surface area (Å²) in [6, 6.07) is 78.7. The summed E-state index contributed by atoms with van der Waals surface area (Å²) in [5.74, 6) is 0. The predicted octanol–water partition coefficient (Wildman–Crippen LogP) is 14.4. The average molecular weight is 689 g/mol. The van der Waals surface area contributed by atoms with Gasteiger partial charge in [0.15, 0.2) is 0 Å². The van der Waals surface area contributed by atoms with Crippen molar-refractivity contribution in [2.75, 3.05) is 4.90 Å². The van der Waals surface area contributed by atoms with E-state index in [0.717, 1.165) is 22.7 Å². The first kappa shape index (κ1) is 31.6. The van der Waals surface area contributed by atoms with Crippen molar-refractivity contribution in [1.29, 1.82) is 0 Å². The number of rotatable bonds is 7. The van der Waals surface area contributed by atoms with E-state index in [1.165, 1.54) is 66.0 Å². The van der Waals surface area contributed by atoms with Gasteiger partial charge in [-0.25, -0.2) is 0 Å². The number of fused-ring (bicyclic) bond motifs is 4. The molecule has 0 radical (unpaired) electrons. The van der Waals surface area contributed by atoms with Crippen LogP contribution in [-0.2, 0) is 0 Å². The zero-order valence-corrected chi connectivity index (χ0v) is 29.7. The Hall–Kier alpha value is -7.16. The summed E-state index contributed by atoms with van der Waals surface area (Å²) in [5, 5.41) is 5.06. The van der Waals surface area contributed by atoms with Crippen molar-refractivity contribution in [2.45, 2.75) is 0 Å². The van der Waals surface area contributed by atoms with E-state index in [4.69, 9.17) is 0 Å². The molecule has 1 aromatic heterocycles. The maximum absolute atomic E-state index is 2.37. The van der Waals surface area contributed by atoms with Gasteiger partial charge in [0.2, 0.25) is 0 Å². The van der Waals surface area contributed by atoms with Crippen LogP contribution in [0.1, 0.15) is 0 Å². The fourth-order valence-corrected chi connectivity index (χ4v) is 8.08. The van der Waals surface area contributed by atoms with Crippen molar-refractivity contribution < 1.29 is 0 Å². The molecule has 0 unspecified atom stereocenters. The van der Waals surface area contributed by atoms with Gasteiger partial charge in [-0.05, 0) is 111 Å². The van der Waals surface area contributed by atoms with Gasteiger partial charge < -0.3 is 9.47 Å². The second kappa shape index (κ2) is 13.4. The zero-order valence-electron chi connectivity index (χ0n) is 29.7. The molecule has 0 saturated carbocycles. The van der Waals surface area contributed by atoms with Crippen LogP contribution in [0.4, 0.5) is 17.1 Å². The standard InChI is InChI=1S/C52H36N2/c1-3-14-38(15-4-1)46-24-12-16-39-17-13-25-47(52(39)46)41-19-11-18-40(36-41)37-28-30-43(31-29-37)53(42-20-5-2-6-21-42)44-32-34-45(35-33-44)54-50-26-9-7-22-48(50)49-23-8-10-27-51(49)54/h1-36H. The van der Waals surface area contributed by atoms with Gasteiger partial charge in [0.1, 0.15) is 0 Å². The molecule has 0 aliphatic carbocycles. The molecule has 0 amide bonds. The second-order valence-corrected chi connectivity index (χ2v) is 13.8. The molecule has 0 aliphatic heterocycles. The van der Waals surface area contributed by atoms with Crippen LogP contribution >= 0.6 is 0 Å². The Bertz CT molecular complexity index is 2850. The SMILES string of the molecule is c1ccc(-c2cccc3cccc(-c4cccc(-c5ccc(N(c6ccccc6)c6ccc(-n7c8ccccc8c8ccccc87)cc6)cc5)c4)c23)cc1. The average Bonchev–Trinajstić information content (AvgIpc) is 3.59. The summed E-state index contributed by atoms with van der Waals surface area (Å²) >= 11 is 0. The summed E-state index contributed by atoms with van der Waals surface area (Å²) in [6.07, 6.45) is 0. The van der Waals surface area contributed by atoms with E-state index in [1.54, 1.807) is 0 Å². The van der Waals surface area contributed by atoms with Gasteiger partial charge in [0.05, 0.1) is 11.0 Å². The first-order valence-electron chi connectivity index (χ1n) is 18.5. The first-order valence-corrected chi connectivity index (χ1v) is 18.5. The Morgan fingerprint density at radius 1 is 0.315 bits per heavy atom. The molecule has 0 N–H and O–H groups in total. The van der Waals surface area contributed by atoms with Crippen molar-refractivity contribution in [1.82, 2.24) is 4.57 Å². The van der Waals surface area contributed by atoms with Gasteiger partial charge in [-0.15, -0.1) is 0 Å². The summed E-state index contributed by atoms with van der Waals surface area (Å²) in [4.78, 5) is 2.33. The third-order valence-corrected chi connectivity index (χ3v) is 10.6. The molecule has 0 atom stereocenters. The first-order chi connectivity index (χ1) is 26.8. The van der Waals surface area contributed by atoms with Crippen LogP contribution in [0, 0.1) is 0 Å². The van der Waals surface area contributed by atoms with Crippen LogP contribution in [0.2, 0.25) is 0 Å². The van der Waals surface area contributed by atoms with Gasteiger partial charge >= 0.3 is 0 Å². The predicted molar refractivity (Wildman–Crippen MR) is 229 cm³/mol. The molecule has 0 fully saturated rings. The van der Waals surface area contributed by atoms with Gasteiger partial charge in [-0.2, -0.15) is 0 Å². The molecule has 2 nitrogen and oxygen atoms in total. The summed E-state index contributed by atoms with van der Waals surface area (Å²) < 4.78 is 2.37. The Morgan fingerprint density at radius 3 is 1.44 bits per heavy atom. The molecule has 10 aromatic rings. The van der Waals surface area contributed by atoms with Gasteiger partial charge in [-0.1, -0.05) is 152 Å². The third-order valence-electron chi connectivity index (χ3n) is 10.6. The Kier molecular flexibility index (Phi) is 7.85. The van der Waals surface area contributed by atoms with Crippen LogP contribution < -0.4 is 4.90 Å². The number of para-hydroxylation sites is 3. The minimum atomic E-state index is 1.10. The lowest BCUT2D eigenvalue weighted by atomic mass is 9.90. The van der Waals surface area contributed by atoms with E-state index in [2.05, 4.69) is 228 Å². The van der Waals surface area contributed by atoms with Crippen molar-refractivity contribution in [3.63, 3.8) is 0 Å². The van der Waals surface area contributed by atoms with E-state index >= 15 is 0 Å². The van der Waals surface area contributed by atoms with Crippen LogP contribution in [-0.4, -0.2) is 4.57 Å². The summed E-state index contributed by atoms with van der Waals surface area (Å²) in [5.41, 5.74) is 14.2. The molecular formula is C52H36N2. The molecule has 0 aliphatic rings. The van der Waals surface area contributed by atoms with Crippen molar-refractivity contribution in [3.05, 3.63) is 218 Å². The summed E-state index contributed by atoms with van der Waals surface area (Å²) in [7, 11) is 0.